The van der Waals surface area contributed by atoms with Crippen molar-refractivity contribution >= 4 is 11.7 Å². The number of carbonyl (C=O) groups is 2. The number of aromatic nitrogens is 1. The summed E-state index contributed by atoms with van der Waals surface area (Å²) >= 11 is 0. The molecule has 122 valence electrons. The highest BCUT2D eigenvalue weighted by Crippen LogP contribution is 2.39. The smallest absolute Gasteiger partial charge is 0.272 e. The average molecular weight is 322 g/mol. The molecule has 1 amide bonds. The number of benzene rings is 1. The van der Waals surface area contributed by atoms with Gasteiger partial charge < -0.3 is 9.64 Å². The zero-order valence-corrected chi connectivity index (χ0v) is 13.3. The number of amides is 1. The molecule has 5 heteroatoms. The summed E-state index contributed by atoms with van der Waals surface area (Å²) < 4.78 is 6.19. The Morgan fingerprint density at radius 1 is 1.08 bits per heavy atom. The minimum atomic E-state index is -0.480. The second-order valence-corrected chi connectivity index (χ2v) is 6.39. The second kappa shape index (κ2) is 5.74. The standard InChI is InChI=1S/C19H18N2O3/c22-16-13-19(24-17-7-2-1-5-14(16)17)8-11-21(12-9-19)18(23)15-6-3-4-10-20-15/h1-7,10H,8-9,11-13H2. The number of ketones is 1. The van der Waals surface area contributed by atoms with E-state index in [2.05, 4.69) is 4.98 Å². The molecule has 2 aliphatic rings. The van der Waals surface area contributed by atoms with Crippen molar-refractivity contribution in [3.63, 3.8) is 0 Å². The summed E-state index contributed by atoms with van der Waals surface area (Å²) in [6.07, 6.45) is 3.32. The first-order valence-electron chi connectivity index (χ1n) is 8.18. The van der Waals surface area contributed by atoms with Gasteiger partial charge in [-0.3, -0.25) is 14.6 Å². The van der Waals surface area contributed by atoms with Gasteiger partial charge in [0.05, 0.1) is 12.0 Å². The molecule has 0 aliphatic carbocycles. The summed E-state index contributed by atoms with van der Waals surface area (Å²) in [5.74, 6) is 0.729. The van der Waals surface area contributed by atoms with Crippen molar-refractivity contribution in [1.82, 2.24) is 9.88 Å². The maximum atomic E-state index is 12.5. The van der Waals surface area contributed by atoms with E-state index in [0.717, 1.165) is 0 Å². The van der Waals surface area contributed by atoms with Gasteiger partial charge in [0.1, 0.15) is 17.0 Å². The predicted octanol–water partition coefficient (Wildman–Crippen LogP) is 2.72. The van der Waals surface area contributed by atoms with Gasteiger partial charge in [0, 0.05) is 32.1 Å². The molecule has 0 bridgehead atoms. The van der Waals surface area contributed by atoms with Gasteiger partial charge in [-0.15, -0.1) is 0 Å². The number of rotatable bonds is 1. The van der Waals surface area contributed by atoms with Gasteiger partial charge in [0.25, 0.3) is 5.91 Å². The number of pyridine rings is 1. The number of Topliss-reactive ketones (excluding diaryl/α,β-unsaturated/α-hetero) is 1. The van der Waals surface area contributed by atoms with Crippen LogP contribution in [0.15, 0.2) is 48.7 Å². The number of ether oxygens (including phenoxy) is 1. The molecule has 4 rings (SSSR count). The first-order valence-corrected chi connectivity index (χ1v) is 8.18. The Labute approximate surface area is 140 Å². The van der Waals surface area contributed by atoms with Crippen LogP contribution in [0.5, 0.6) is 5.75 Å². The van der Waals surface area contributed by atoms with Crippen molar-refractivity contribution < 1.29 is 14.3 Å². The Bertz CT molecular complexity index is 780. The first-order chi connectivity index (χ1) is 11.7. The van der Waals surface area contributed by atoms with E-state index < -0.39 is 5.60 Å². The lowest BCUT2D eigenvalue weighted by molar-refractivity contribution is -0.00584. The molecule has 1 fully saturated rings. The highest BCUT2D eigenvalue weighted by atomic mass is 16.5. The molecule has 5 nitrogen and oxygen atoms in total. The Morgan fingerprint density at radius 3 is 2.58 bits per heavy atom. The molecule has 1 aromatic carbocycles. The molecule has 1 saturated heterocycles. The Hall–Kier alpha value is -2.69. The molecule has 2 aliphatic heterocycles. The second-order valence-electron chi connectivity index (χ2n) is 6.39. The SMILES string of the molecule is O=C1CC2(CCN(C(=O)c3ccccn3)CC2)Oc2ccccc21. The normalized spacial score (nSPS) is 18.8. The summed E-state index contributed by atoms with van der Waals surface area (Å²) in [5.41, 5.74) is 0.640. The van der Waals surface area contributed by atoms with Crippen LogP contribution in [0, 0.1) is 0 Å². The third kappa shape index (κ3) is 2.56. The molecule has 0 atom stereocenters. The van der Waals surface area contributed by atoms with E-state index in [9.17, 15) is 9.59 Å². The number of nitrogens with zero attached hydrogens (tertiary/aromatic N) is 2. The number of para-hydroxylation sites is 1. The number of piperidine rings is 1. The Morgan fingerprint density at radius 2 is 1.83 bits per heavy atom. The van der Waals surface area contributed by atoms with Crippen LogP contribution in [0.4, 0.5) is 0 Å². The molecule has 24 heavy (non-hydrogen) atoms. The lowest BCUT2D eigenvalue weighted by Gasteiger charge is -2.43. The largest absolute Gasteiger partial charge is 0.486 e. The van der Waals surface area contributed by atoms with Crippen molar-refractivity contribution in [3.8, 4) is 5.75 Å². The fraction of sp³-hybridized carbons (Fsp3) is 0.316. The molecule has 3 heterocycles. The third-order valence-corrected chi connectivity index (χ3v) is 4.84. The molecule has 0 saturated carbocycles. The van der Waals surface area contributed by atoms with Gasteiger partial charge in [0.2, 0.25) is 0 Å². The molecular weight excluding hydrogens is 304 g/mol. The zero-order valence-electron chi connectivity index (χ0n) is 13.3. The average Bonchev–Trinajstić information content (AvgIpc) is 2.62. The first kappa shape index (κ1) is 14.9. The van der Waals surface area contributed by atoms with Gasteiger partial charge in [-0.2, -0.15) is 0 Å². The molecule has 2 aromatic rings. The zero-order chi connectivity index (χ0) is 16.6. The van der Waals surface area contributed by atoms with Crippen molar-refractivity contribution in [2.75, 3.05) is 13.1 Å². The number of likely N-dealkylation sites (tertiary alicyclic amines) is 1. The summed E-state index contributed by atoms with van der Waals surface area (Å²) in [6, 6.07) is 12.7. The predicted molar refractivity (Wildman–Crippen MR) is 88.1 cm³/mol. The van der Waals surface area contributed by atoms with E-state index in [-0.39, 0.29) is 11.7 Å². The van der Waals surface area contributed by atoms with Crippen LogP contribution in [0.25, 0.3) is 0 Å². The number of carbonyl (C=O) groups excluding carboxylic acids is 2. The van der Waals surface area contributed by atoms with Gasteiger partial charge in [-0.1, -0.05) is 18.2 Å². The number of hydrogen-bond donors (Lipinski definition) is 0. The van der Waals surface area contributed by atoms with Crippen LogP contribution < -0.4 is 4.74 Å². The summed E-state index contributed by atoms with van der Waals surface area (Å²) in [7, 11) is 0. The van der Waals surface area contributed by atoms with E-state index in [1.807, 2.05) is 30.3 Å². The van der Waals surface area contributed by atoms with Crippen LogP contribution in [0.3, 0.4) is 0 Å². The molecule has 0 N–H and O–H groups in total. The topological polar surface area (TPSA) is 59.5 Å². The van der Waals surface area contributed by atoms with E-state index in [4.69, 9.17) is 4.74 Å². The molecular formula is C19H18N2O3. The lowest BCUT2D eigenvalue weighted by Crippen LogP contribution is -2.52. The Kier molecular flexibility index (Phi) is 3.56. The lowest BCUT2D eigenvalue weighted by atomic mass is 9.82. The summed E-state index contributed by atoms with van der Waals surface area (Å²) in [6.45, 7) is 1.15. The maximum absolute atomic E-state index is 12.5. The molecule has 0 radical (unpaired) electrons. The summed E-state index contributed by atoms with van der Waals surface area (Å²) in [5, 5.41) is 0. The molecule has 1 spiro atoms. The van der Waals surface area contributed by atoms with E-state index in [1.165, 1.54) is 0 Å². The number of hydrogen-bond acceptors (Lipinski definition) is 4. The van der Waals surface area contributed by atoms with Crippen LogP contribution in [0.1, 0.15) is 40.1 Å². The van der Waals surface area contributed by atoms with Gasteiger partial charge >= 0.3 is 0 Å². The van der Waals surface area contributed by atoms with Gasteiger partial charge in [-0.05, 0) is 24.3 Å². The minimum Gasteiger partial charge on any atom is -0.486 e. The van der Waals surface area contributed by atoms with Gasteiger partial charge in [-0.25, -0.2) is 0 Å². The van der Waals surface area contributed by atoms with Crippen molar-refractivity contribution in [2.24, 2.45) is 0 Å². The highest BCUT2D eigenvalue weighted by Gasteiger charge is 2.43. The van der Waals surface area contributed by atoms with E-state index >= 15 is 0 Å². The fourth-order valence-electron chi connectivity index (χ4n) is 3.49. The van der Waals surface area contributed by atoms with Crippen LogP contribution >= 0.6 is 0 Å². The number of fused-ring (bicyclic) bond motifs is 1. The van der Waals surface area contributed by atoms with Gasteiger partial charge in [0.15, 0.2) is 5.78 Å². The highest BCUT2D eigenvalue weighted by molar-refractivity contribution is 6.00. The monoisotopic (exact) mass is 322 g/mol. The van der Waals surface area contributed by atoms with Crippen molar-refractivity contribution in [1.29, 1.82) is 0 Å². The van der Waals surface area contributed by atoms with E-state index in [0.29, 0.717) is 49.4 Å². The fourth-order valence-corrected chi connectivity index (χ4v) is 3.49. The molecule has 1 aromatic heterocycles. The van der Waals surface area contributed by atoms with Crippen molar-refractivity contribution in [2.45, 2.75) is 24.9 Å². The Balaban J connectivity index is 1.49. The van der Waals surface area contributed by atoms with Crippen LogP contribution in [-0.4, -0.2) is 40.3 Å². The van der Waals surface area contributed by atoms with Crippen molar-refractivity contribution in [3.05, 3.63) is 59.9 Å². The third-order valence-electron chi connectivity index (χ3n) is 4.84. The van der Waals surface area contributed by atoms with Crippen LogP contribution in [-0.2, 0) is 0 Å². The summed E-state index contributed by atoms with van der Waals surface area (Å²) in [4.78, 5) is 30.8. The van der Waals surface area contributed by atoms with E-state index in [1.54, 1.807) is 23.2 Å². The minimum absolute atomic E-state index is 0.0620. The molecule has 0 unspecified atom stereocenters. The van der Waals surface area contributed by atoms with Crippen LogP contribution in [0.2, 0.25) is 0 Å². The quantitative estimate of drug-likeness (QED) is 0.810. The maximum Gasteiger partial charge on any atom is 0.272 e.